The lowest BCUT2D eigenvalue weighted by Gasteiger charge is -2.46. The second-order valence-corrected chi connectivity index (χ2v) is 14.5. The third kappa shape index (κ3) is 9.22. The molecule has 2 aliphatic rings. The third-order valence-corrected chi connectivity index (χ3v) is 10.0. The molecule has 0 amide bonds. The fraction of sp³-hybridized carbons (Fsp3) is 0.939. The molecular weight excluding hydrogens is 587 g/mol. The Labute approximate surface area is 269 Å². The van der Waals surface area contributed by atoms with Gasteiger partial charge in [-0.25, -0.2) is 9.18 Å². The number of ketones is 1. The Kier molecular flexibility index (Phi) is 14.0. The van der Waals surface area contributed by atoms with E-state index in [1.54, 1.807) is 20.9 Å². The highest BCUT2D eigenvalue weighted by Crippen LogP contribution is 2.37. The Balaban J connectivity index is 2.57. The van der Waals surface area contributed by atoms with Gasteiger partial charge in [-0.15, -0.1) is 0 Å². The van der Waals surface area contributed by atoms with E-state index >= 15 is 4.39 Å². The topological polar surface area (TPSA) is 149 Å². The molecule has 2 saturated heterocycles. The van der Waals surface area contributed by atoms with Crippen molar-refractivity contribution in [3.8, 4) is 0 Å². The lowest BCUT2D eigenvalue weighted by molar-refractivity contribution is -0.294. The van der Waals surface area contributed by atoms with Gasteiger partial charge in [0.15, 0.2) is 12.1 Å². The Morgan fingerprint density at radius 1 is 1.09 bits per heavy atom. The number of likely N-dealkylation sites (N-methyl/N-ethyl adjacent to an activating group) is 2. The molecule has 0 aromatic rings. The Hall–Kier alpha value is -1.25. The summed E-state index contributed by atoms with van der Waals surface area (Å²) in [6.45, 7) is 15.3. The van der Waals surface area contributed by atoms with Gasteiger partial charge in [-0.3, -0.25) is 4.79 Å². The number of carbonyl (C=O) groups is 2. The van der Waals surface area contributed by atoms with Gasteiger partial charge >= 0.3 is 5.97 Å². The zero-order valence-corrected chi connectivity index (χ0v) is 29.3. The molecule has 0 aromatic carbocycles. The van der Waals surface area contributed by atoms with E-state index in [1.807, 2.05) is 30.7 Å². The SMILES string of the molecule is CCCCN(C)[C@H]1C[C@@H](C)O[C@@H](O[C@@H]2[C@@H](C)C(=O)[C@](C)(F)C(=O)O[C@H](CC)[C@@](C)(O)[C@H](O)[C@@H](C)N(C)C[C@H](C)C[C@@]2(C)O)[C@@H]1O. The van der Waals surface area contributed by atoms with Crippen molar-refractivity contribution in [2.24, 2.45) is 11.8 Å². The normalized spacial score (nSPS) is 45.2. The fourth-order valence-electron chi connectivity index (χ4n) is 7.09. The van der Waals surface area contributed by atoms with Gasteiger partial charge in [0.05, 0.1) is 17.8 Å². The first kappa shape index (κ1) is 39.9. The number of aliphatic hydroxyl groups is 4. The summed E-state index contributed by atoms with van der Waals surface area (Å²) < 4.78 is 34.0. The largest absolute Gasteiger partial charge is 0.457 e. The molecule has 11 nitrogen and oxygen atoms in total. The minimum Gasteiger partial charge on any atom is -0.457 e. The number of hydrogen-bond donors (Lipinski definition) is 4. The van der Waals surface area contributed by atoms with E-state index in [-0.39, 0.29) is 30.9 Å². The van der Waals surface area contributed by atoms with Crippen molar-refractivity contribution in [3.05, 3.63) is 0 Å². The summed E-state index contributed by atoms with van der Waals surface area (Å²) in [6, 6.07) is -0.937. The van der Waals surface area contributed by atoms with Crippen LogP contribution in [-0.4, -0.2) is 135 Å². The molecule has 2 aliphatic heterocycles. The summed E-state index contributed by atoms with van der Waals surface area (Å²) in [7, 11) is 3.68. The average Bonchev–Trinajstić information content (AvgIpc) is 2.95. The minimum absolute atomic E-state index is 0.0475. The number of unbranched alkanes of at least 4 members (excludes halogenated alkanes) is 1. The Morgan fingerprint density at radius 3 is 2.24 bits per heavy atom. The van der Waals surface area contributed by atoms with Crippen molar-refractivity contribution < 1.29 is 48.6 Å². The number of Topliss-reactive ketones (excluding diaryl/α,β-unsaturated/α-hetero) is 1. The quantitative estimate of drug-likeness (QED) is 0.238. The molecule has 2 heterocycles. The molecule has 0 radical (unpaired) electrons. The number of cyclic esters (lactones) is 1. The molecule has 264 valence electrons. The van der Waals surface area contributed by atoms with Gasteiger partial charge in [0.1, 0.15) is 23.9 Å². The summed E-state index contributed by atoms with van der Waals surface area (Å²) in [4.78, 5) is 30.9. The van der Waals surface area contributed by atoms with Crippen LogP contribution in [-0.2, 0) is 23.8 Å². The van der Waals surface area contributed by atoms with Crippen LogP contribution in [0, 0.1) is 11.8 Å². The molecule has 13 atom stereocenters. The highest BCUT2D eigenvalue weighted by Gasteiger charge is 2.54. The van der Waals surface area contributed by atoms with Crippen molar-refractivity contribution in [2.75, 3.05) is 27.2 Å². The lowest BCUT2D eigenvalue weighted by Crippen LogP contribution is -2.60. The molecular formula is C33H61FN2O9. The standard InChI is InChI=1S/C33H61FN2O9/c1-12-14-15-35(10)23-16-20(4)43-29(25(23)37)45-28-21(5)26(38)32(8,34)30(40)44-24(13-2)33(9,42)27(39)22(6)36(11)18-19(3)17-31(28,7)41/h19-25,27-29,37,39,41-42H,12-18H2,1-11H3/t19-,20-,21+,22-,23+,24-,25-,27-,28-,29+,31-,32+,33-/m1/s1. The molecule has 0 aromatic heterocycles. The lowest BCUT2D eigenvalue weighted by atomic mass is 9.78. The van der Waals surface area contributed by atoms with E-state index < -0.39 is 71.3 Å². The van der Waals surface area contributed by atoms with Gasteiger partial charge in [0.2, 0.25) is 0 Å². The molecule has 4 N–H and O–H groups in total. The molecule has 0 spiro atoms. The first-order valence-electron chi connectivity index (χ1n) is 16.6. The zero-order valence-electron chi connectivity index (χ0n) is 29.3. The number of ether oxygens (including phenoxy) is 3. The number of halogens is 1. The second-order valence-electron chi connectivity index (χ2n) is 14.5. The summed E-state index contributed by atoms with van der Waals surface area (Å²) in [5, 5.41) is 45.9. The number of alkyl halides is 1. The fourth-order valence-corrected chi connectivity index (χ4v) is 7.09. The molecule has 12 heteroatoms. The van der Waals surface area contributed by atoms with Crippen LogP contribution >= 0.6 is 0 Å². The maximum Gasteiger partial charge on any atom is 0.351 e. The number of hydrogen-bond acceptors (Lipinski definition) is 11. The zero-order chi connectivity index (χ0) is 34.7. The van der Waals surface area contributed by atoms with Gasteiger partial charge in [-0.05, 0) is 86.9 Å². The molecule has 0 saturated carbocycles. The number of nitrogens with zero attached hydrogens (tertiary/aromatic N) is 2. The smallest absolute Gasteiger partial charge is 0.351 e. The molecule has 0 aliphatic carbocycles. The average molecular weight is 649 g/mol. The van der Waals surface area contributed by atoms with Crippen molar-refractivity contribution in [1.82, 2.24) is 9.80 Å². The molecule has 2 fully saturated rings. The molecule has 0 bridgehead atoms. The highest BCUT2D eigenvalue weighted by molar-refractivity contribution is 6.07. The van der Waals surface area contributed by atoms with Crippen molar-refractivity contribution >= 4 is 11.8 Å². The van der Waals surface area contributed by atoms with Gasteiger partial charge in [0, 0.05) is 24.5 Å². The van der Waals surface area contributed by atoms with Crippen molar-refractivity contribution in [2.45, 2.75) is 160 Å². The van der Waals surface area contributed by atoms with Crippen LogP contribution in [0.3, 0.4) is 0 Å². The molecule has 0 unspecified atom stereocenters. The van der Waals surface area contributed by atoms with E-state index in [0.29, 0.717) is 13.0 Å². The van der Waals surface area contributed by atoms with Crippen LogP contribution in [0.4, 0.5) is 4.39 Å². The number of rotatable bonds is 7. The van der Waals surface area contributed by atoms with Crippen molar-refractivity contribution in [3.63, 3.8) is 0 Å². The summed E-state index contributed by atoms with van der Waals surface area (Å²) in [5.41, 5.74) is -6.89. The summed E-state index contributed by atoms with van der Waals surface area (Å²) in [5.74, 6) is -4.31. The van der Waals surface area contributed by atoms with Crippen LogP contribution < -0.4 is 0 Å². The second kappa shape index (κ2) is 15.8. The molecule has 2 rings (SSSR count). The minimum atomic E-state index is -3.18. The summed E-state index contributed by atoms with van der Waals surface area (Å²) in [6.07, 6.45) is -4.18. The maximum atomic E-state index is 16.3. The van der Waals surface area contributed by atoms with E-state index in [1.165, 1.54) is 20.8 Å². The van der Waals surface area contributed by atoms with E-state index in [2.05, 4.69) is 6.92 Å². The van der Waals surface area contributed by atoms with Crippen molar-refractivity contribution in [1.29, 1.82) is 0 Å². The van der Waals surface area contributed by atoms with Gasteiger partial charge in [-0.1, -0.05) is 34.1 Å². The van der Waals surface area contributed by atoms with Gasteiger partial charge in [0.25, 0.3) is 5.67 Å². The number of esters is 1. The first-order valence-corrected chi connectivity index (χ1v) is 16.6. The van der Waals surface area contributed by atoms with Crippen LogP contribution in [0.2, 0.25) is 0 Å². The number of carbonyl (C=O) groups excluding carboxylic acids is 2. The van der Waals surface area contributed by atoms with Gasteiger partial charge < -0.3 is 44.4 Å². The van der Waals surface area contributed by atoms with Gasteiger partial charge in [-0.2, -0.15) is 0 Å². The predicted molar refractivity (Wildman–Crippen MR) is 168 cm³/mol. The summed E-state index contributed by atoms with van der Waals surface area (Å²) >= 11 is 0. The monoisotopic (exact) mass is 648 g/mol. The highest BCUT2D eigenvalue weighted by atomic mass is 19.1. The van der Waals surface area contributed by atoms with Crippen LogP contribution in [0.25, 0.3) is 0 Å². The Morgan fingerprint density at radius 2 is 1.69 bits per heavy atom. The Bertz CT molecular complexity index is 980. The van der Waals surface area contributed by atoms with Crippen LogP contribution in [0.5, 0.6) is 0 Å². The first-order chi connectivity index (χ1) is 20.6. The number of aliphatic hydroxyl groups excluding tert-OH is 2. The molecule has 45 heavy (non-hydrogen) atoms. The van der Waals surface area contributed by atoms with E-state index in [0.717, 1.165) is 26.3 Å². The third-order valence-electron chi connectivity index (χ3n) is 10.0. The van der Waals surface area contributed by atoms with E-state index in [9.17, 15) is 30.0 Å². The maximum absolute atomic E-state index is 16.3. The predicted octanol–water partition coefficient (Wildman–Crippen LogP) is 2.45. The van der Waals surface area contributed by atoms with Crippen LogP contribution in [0.1, 0.15) is 94.4 Å². The van der Waals surface area contributed by atoms with E-state index in [4.69, 9.17) is 14.2 Å². The van der Waals surface area contributed by atoms with Crippen LogP contribution in [0.15, 0.2) is 0 Å².